The topological polar surface area (TPSA) is 12.0 Å². The first-order valence-corrected chi connectivity index (χ1v) is 12.2. The average molecular weight is 460 g/mol. The molecule has 1 nitrogen and oxygen atoms in total. The molecule has 1 saturated heterocycles. The lowest BCUT2D eigenvalue weighted by Crippen LogP contribution is -2.39. The fourth-order valence-corrected chi connectivity index (χ4v) is 4.37. The molecule has 1 aliphatic heterocycles. The highest BCUT2D eigenvalue weighted by Gasteiger charge is 2.31. The molecule has 1 atom stereocenters. The minimum absolute atomic E-state index is 0.356. The minimum atomic E-state index is 0.356. The Bertz CT molecular complexity index is 349. The summed E-state index contributed by atoms with van der Waals surface area (Å²) in [5.74, 6) is 3.30. The summed E-state index contributed by atoms with van der Waals surface area (Å²) in [5.41, 5.74) is 0.356. The van der Waals surface area contributed by atoms with Crippen molar-refractivity contribution in [2.45, 2.75) is 128 Å². The van der Waals surface area contributed by atoms with E-state index in [0.717, 1.165) is 6.42 Å². The number of hydrogen-bond acceptors (Lipinski definition) is 1. The van der Waals surface area contributed by atoms with Crippen LogP contribution in [0.15, 0.2) is 0 Å². The standard InChI is InChI=1S/C23H42IN/c1-2-3-4-5-6-7-8-9-10-11-12-13-14-15-18-23(19-16-21-24)20-17-22-25-23/h25H,2-15,17-20,22H2,1H3. The van der Waals surface area contributed by atoms with Gasteiger partial charge in [-0.2, -0.15) is 0 Å². The average Bonchev–Trinajstić information content (AvgIpc) is 3.09. The zero-order chi connectivity index (χ0) is 18.1. The van der Waals surface area contributed by atoms with Gasteiger partial charge in [-0.25, -0.2) is 0 Å². The highest BCUT2D eigenvalue weighted by molar-refractivity contribution is 14.1. The van der Waals surface area contributed by atoms with Crippen LogP contribution >= 0.6 is 22.6 Å². The van der Waals surface area contributed by atoms with Crippen molar-refractivity contribution in [2.24, 2.45) is 0 Å². The van der Waals surface area contributed by atoms with Gasteiger partial charge in [-0.05, 0) is 29.7 Å². The summed E-state index contributed by atoms with van der Waals surface area (Å²) in [7, 11) is 0. The molecule has 146 valence electrons. The first-order valence-electron chi connectivity index (χ1n) is 11.2. The van der Waals surface area contributed by atoms with Gasteiger partial charge in [-0.15, -0.1) is 0 Å². The fraction of sp³-hybridized carbons (Fsp3) is 0.913. The third-order valence-electron chi connectivity index (χ3n) is 5.83. The number of unbranched alkanes of at least 4 members (excludes halogenated alkanes) is 13. The second kappa shape index (κ2) is 16.4. The normalized spacial score (nSPS) is 19.8. The minimum Gasteiger partial charge on any atom is -0.310 e. The molecule has 0 radical (unpaired) electrons. The summed E-state index contributed by atoms with van der Waals surface area (Å²) in [6.45, 7) is 3.49. The van der Waals surface area contributed by atoms with Gasteiger partial charge in [0.1, 0.15) is 0 Å². The van der Waals surface area contributed by atoms with Crippen LogP contribution < -0.4 is 5.32 Å². The lowest BCUT2D eigenvalue weighted by molar-refractivity contribution is 0.340. The van der Waals surface area contributed by atoms with Crippen molar-refractivity contribution in [1.29, 1.82) is 0 Å². The van der Waals surface area contributed by atoms with Crippen molar-refractivity contribution < 1.29 is 0 Å². The lowest BCUT2D eigenvalue weighted by atomic mass is 9.87. The van der Waals surface area contributed by atoms with Crippen LogP contribution in [-0.4, -0.2) is 12.1 Å². The first kappa shape index (κ1) is 23.3. The van der Waals surface area contributed by atoms with Gasteiger partial charge >= 0.3 is 0 Å². The summed E-state index contributed by atoms with van der Waals surface area (Å²) in [6, 6.07) is 0. The van der Waals surface area contributed by atoms with Gasteiger partial charge in [0.05, 0.1) is 0 Å². The van der Waals surface area contributed by atoms with E-state index in [0.29, 0.717) is 5.54 Å². The van der Waals surface area contributed by atoms with Gasteiger partial charge < -0.3 is 5.32 Å². The molecule has 0 aliphatic carbocycles. The van der Waals surface area contributed by atoms with Crippen molar-refractivity contribution in [3.63, 3.8) is 0 Å². The molecule has 0 aromatic rings. The molecular weight excluding hydrogens is 417 g/mol. The van der Waals surface area contributed by atoms with Gasteiger partial charge in [-0.1, -0.05) is 103 Å². The van der Waals surface area contributed by atoms with E-state index in [1.807, 2.05) is 0 Å². The van der Waals surface area contributed by atoms with Crippen molar-refractivity contribution in [3.05, 3.63) is 0 Å². The van der Waals surface area contributed by atoms with Crippen LogP contribution in [0.25, 0.3) is 0 Å². The highest BCUT2D eigenvalue weighted by atomic mass is 127. The molecule has 0 aromatic heterocycles. The lowest BCUT2D eigenvalue weighted by Gasteiger charge is -2.27. The number of nitrogens with one attached hydrogen (secondary N) is 1. The molecule has 0 aromatic carbocycles. The summed E-state index contributed by atoms with van der Waals surface area (Å²) < 4.78 is 3.05. The zero-order valence-corrected chi connectivity index (χ0v) is 19.0. The van der Waals surface area contributed by atoms with Crippen LogP contribution in [0.2, 0.25) is 0 Å². The SMILES string of the molecule is CCCCCCCCCCCCCCCCC1(CC#CI)CCCN1. The summed E-state index contributed by atoms with van der Waals surface area (Å²) in [4.78, 5) is 0. The third kappa shape index (κ3) is 12.3. The zero-order valence-electron chi connectivity index (χ0n) is 16.8. The fourth-order valence-electron chi connectivity index (χ4n) is 4.18. The molecule has 0 bridgehead atoms. The van der Waals surface area contributed by atoms with Crippen molar-refractivity contribution in [1.82, 2.24) is 5.32 Å². The van der Waals surface area contributed by atoms with E-state index < -0.39 is 0 Å². The monoisotopic (exact) mass is 459 g/mol. The summed E-state index contributed by atoms with van der Waals surface area (Å²) in [5, 5.41) is 3.75. The van der Waals surface area contributed by atoms with E-state index in [4.69, 9.17) is 0 Å². The van der Waals surface area contributed by atoms with Crippen LogP contribution in [0.5, 0.6) is 0 Å². The Morgan fingerprint density at radius 2 is 1.32 bits per heavy atom. The second-order valence-corrected chi connectivity index (χ2v) is 8.64. The maximum atomic E-state index is 3.75. The van der Waals surface area contributed by atoms with Crippen LogP contribution in [0.4, 0.5) is 0 Å². The molecule has 0 spiro atoms. The van der Waals surface area contributed by atoms with Gasteiger partial charge in [0, 0.05) is 34.6 Å². The van der Waals surface area contributed by atoms with E-state index in [-0.39, 0.29) is 0 Å². The van der Waals surface area contributed by atoms with Gasteiger partial charge in [-0.3, -0.25) is 0 Å². The first-order chi connectivity index (χ1) is 12.3. The van der Waals surface area contributed by atoms with Crippen molar-refractivity contribution in [3.8, 4) is 9.85 Å². The molecule has 0 amide bonds. The van der Waals surface area contributed by atoms with E-state index in [2.05, 4.69) is 44.7 Å². The van der Waals surface area contributed by atoms with E-state index in [1.54, 1.807) is 0 Å². The maximum Gasteiger partial charge on any atom is 0.0291 e. The summed E-state index contributed by atoms with van der Waals surface area (Å²) >= 11 is 2.17. The largest absolute Gasteiger partial charge is 0.310 e. The van der Waals surface area contributed by atoms with Crippen molar-refractivity contribution >= 4 is 22.6 Å². The molecule has 1 rings (SSSR count). The van der Waals surface area contributed by atoms with E-state index >= 15 is 0 Å². The Morgan fingerprint density at radius 3 is 1.76 bits per heavy atom. The van der Waals surface area contributed by atoms with E-state index in [1.165, 1.54) is 116 Å². The predicted octanol–water partition coefficient (Wildman–Crippen LogP) is 7.77. The van der Waals surface area contributed by atoms with Crippen LogP contribution in [0.1, 0.15) is 122 Å². The Balaban J connectivity index is 1.86. The molecule has 2 heteroatoms. The molecule has 1 aliphatic rings. The molecule has 25 heavy (non-hydrogen) atoms. The smallest absolute Gasteiger partial charge is 0.0291 e. The molecular formula is C23H42IN. The third-order valence-corrected chi connectivity index (χ3v) is 6.22. The van der Waals surface area contributed by atoms with E-state index in [9.17, 15) is 0 Å². The Labute approximate surface area is 172 Å². The van der Waals surface area contributed by atoms with Crippen molar-refractivity contribution in [2.75, 3.05) is 6.54 Å². The van der Waals surface area contributed by atoms with Gasteiger partial charge in [0.2, 0.25) is 0 Å². The summed E-state index contributed by atoms with van der Waals surface area (Å²) in [6.07, 6.45) is 25.2. The number of hydrogen-bond donors (Lipinski definition) is 1. The molecule has 1 heterocycles. The van der Waals surface area contributed by atoms with Crippen LogP contribution in [0.3, 0.4) is 0 Å². The quantitative estimate of drug-likeness (QED) is 0.141. The van der Waals surface area contributed by atoms with Crippen LogP contribution in [0, 0.1) is 9.85 Å². The Morgan fingerprint density at radius 1 is 0.800 bits per heavy atom. The van der Waals surface area contributed by atoms with Gasteiger partial charge in [0.15, 0.2) is 0 Å². The second-order valence-electron chi connectivity index (χ2n) is 8.10. The molecule has 0 saturated carbocycles. The molecule has 1 N–H and O–H groups in total. The number of halogens is 1. The molecule has 1 fully saturated rings. The Kier molecular flexibility index (Phi) is 15.3. The predicted molar refractivity (Wildman–Crippen MR) is 121 cm³/mol. The highest BCUT2D eigenvalue weighted by Crippen LogP contribution is 2.29. The molecule has 1 unspecified atom stereocenters. The maximum absolute atomic E-state index is 3.75. The Hall–Kier alpha value is 0.250. The van der Waals surface area contributed by atoms with Gasteiger partial charge in [0.25, 0.3) is 0 Å². The van der Waals surface area contributed by atoms with Crippen LogP contribution in [-0.2, 0) is 0 Å². The number of rotatable bonds is 16.